The lowest BCUT2D eigenvalue weighted by Crippen LogP contribution is -2.24. The fourth-order valence-corrected chi connectivity index (χ4v) is 3.69. The van der Waals surface area contributed by atoms with E-state index in [0.29, 0.717) is 5.13 Å². The number of amides is 1. The number of thiazole rings is 1. The van der Waals surface area contributed by atoms with Gasteiger partial charge in [0.2, 0.25) is 0 Å². The molecule has 1 amide bonds. The van der Waals surface area contributed by atoms with Gasteiger partial charge in [0.1, 0.15) is 0 Å². The Labute approximate surface area is 159 Å². The third kappa shape index (κ3) is 3.81. The molecular formula is C20H15BrN2OS. The topological polar surface area (TPSA) is 33.2 Å². The molecule has 5 heteroatoms. The fourth-order valence-electron chi connectivity index (χ4n) is 2.58. The summed E-state index contributed by atoms with van der Waals surface area (Å²) in [6.45, 7) is 3.98. The van der Waals surface area contributed by atoms with Crippen molar-refractivity contribution in [1.29, 1.82) is 0 Å². The van der Waals surface area contributed by atoms with Crippen molar-refractivity contribution >= 4 is 44.0 Å². The monoisotopic (exact) mass is 410 g/mol. The molecule has 0 atom stereocenters. The zero-order valence-corrected chi connectivity index (χ0v) is 16.2. The van der Waals surface area contributed by atoms with Crippen LogP contribution < -0.4 is 4.90 Å². The van der Waals surface area contributed by atoms with Crippen LogP contribution in [0.5, 0.6) is 0 Å². The van der Waals surface area contributed by atoms with Crippen molar-refractivity contribution in [3.05, 3.63) is 63.4 Å². The van der Waals surface area contributed by atoms with Crippen LogP contribution in [-0.4, -0.2) is 10.9 Å². The molecule has 0 fully saturated rings. The number of nitrogens with zero attached hydrogens (tertiary/aromatic N) is 2. The maximum atomic E-state index is 12.4. The molecule has 2 aromatic carbocycles. The molecule has 3 rings (SSSR count). The smallest absolute Gasteiger partial charge is 0.258 e. The largest absolute Gasteiger partial charge is 0.309 e. The van der Waals surface area contributed by atoms with Gasteiger partial charge in [0, 0.05) is 15.4 Å². The predicted molar refractivity (Wildman–Crippen MR) is 107 cm³/mol. The van der Waals surface area contributed by atoms with Gasteiger partial charge in [0.05, 0.1) is 11.4 Å². The maximum absolute atomic E-state index is 12.4. The highest BCUT2D eigenvalue weighted by molar-refractivity contribution is 9.10. The second kappa shape index (κ2) is 7.22. The average Bonchev–Trinajstić information content (AvgIpc) is 3.04. The van der Waals surface area contributed by atoms with E-state index >= 15 is 0 Å². The first kappa shape index (κ1) is 17.4. The second-order valence-electron chi connectivity index (χ2n) is 5.65. The lowest BCUT2D eigenvalue weighted by molar-refractivity contribution is -0.112. The molecule has 0 aliphatic heterocycles. The van der Waals surface area contributed by atoms with E-state index in [9.17, 15) is 4.79 Å². The van der Waals surface area contributed by atoms with Crippen molar-refractivity contribution in [1.82, 2.24) is 4.98 Å². The fraction of sp³-hybridized carbons (Fsp3) is 0.100. The Kier molecular flexibility index (Phi) is 5.03. The highest BCUT2D eigenvalue weighted by Gasteiger charge is 2.20. The van der Waals surface area contributed by atoms with Gasteiger partial charge >= 0.3 is 5.91 Å². The third-order valence-corrected chi connectivity index (χ3v) is 4.97. The molecule has 0 unspecified atom stereocenters. The lowest BCUT2D eigenvalue weighted by Gasteiger charge is -2.18. The summed E-state index contributed by atoms with van der Waals surface area (Å²) in [5.41, 5.74) is 4.66. The number of anilines is 2. The van der Waals surface area contributed by atoms with E-state index in [1.807, 2.05) is 55.6 Å². The first-order chi connectivity index (χ1) is 12.0. The summed E-state index contributed by atoms with van der Waals surface area (Å²) in [5, 5.41) is 2.49. The SMILES string of the molecule is C#CC(=O)N(c1cc(C)cc(C)c1)c1nc(-c2ccc(Br)cc2)cs1. The van der Waals surface area contributed by atoms with Gasteiger partial charge in [-0.2, -0.15) is 0 Å². The molecule has 124 valence electrons. The van der Waals surface area contributed by atoms with E-state index in [0.717, 1.165) is 32.5 Å². The van der Waals surface area contributed by atoms with Crippen molar-refractivity contribution in [2.24, 2.45) is 0 Å². The standard InChI is InChI=1S/C20H15BrN2OS/c1-4-19(24)23(17-10-13(2)9-14(3)11-17)20-22-18(12-25-20)15-5-7-16(21)8-6-15/h1,5-12H,2-3H3. The molecule has 0 radical (unpaired) electrons. The van der Waals surface area contributed by atoms with Crippen molar-refractivity contribution in [2.45, 2.75) is 13.8 Å². The third-order valence-electron chi connectivity index (χ3n) is 3.61. The number of hydrogen-bond acceptors (Lipinski definition) is 3. The summed E-state index contributed by atoms with van der Waals surface area (Å²) < 4.78 is 1.01. The molecule has 0 aliphatic carbocycles. The second-order valence-corrected chi connectivity index (χ2v) is 7.41. The number of rotatable bonds is 3. The molecule has 0 saturated carbocycles. The number of benzene rings is 2. The van der Waals surface area contributed by atoms with Gasteiger partial charge in [-0.25, -0.2) is 9.88 Å². The molecule has 1 aromatic heterocycles. The molecule has 0 N–H and O–H groups in total. The lowest BCUT2D eigenvalue weighted by atomic mass is 10.1. The van der Waals surface area contributed by atoms with Gasteiger partial charge in [0.15, 0.2) is 5.13 Å². The minimum Gasteiger partial charge on any atom is -0.258 e. The number of carbonyl (C=O) groups is 1. The molecule has 0 aliphatic rings. The van der Waals surface area contributed by atoms with Gasteiger partial charge in [-0.05, 0) is 55.2 Å². The molecule has 1 heterocycles. The van der Waals surface area contributed by atoms with E-state index in [1.165, 1.54) is 16.2 Å². The Morgan fingerprint density at radius 3 is 2.40 bits per heavy atom. The molecule has 25 heavy (non-hydrogen) atoms. The summed E-state index contributed by atoms with van der Waals surface area (Å²) in [6, 6.07) is 13.8. The summed E-state index contributed by atoms with van der Waals surface area (Å²) in [4.78, 5) is 18.5. The summed E-state index contributed by atoms with van der Waals surface area (Å²) >= 11 is 4.82. The Morgan fingerprint density at radius 2 is 1.80 bits per heavy atom. The van der Waals surface area contributed by atoms with Crippen molar-refractivity contribution in [2.75, 3.05) is 4.90 Å². The van der Waals surface area contributed by atoms with Gasteiger partial charge in [-0.15, -0.1) is 17.8 Å². The van der Waals surface area contributed by atoms with Gasteiger partial charge in [0.25, 0.3) is 0 Å². The Balaban J connectivity index is 2.05. The molecule has 0 saturated heterocycles. The first-order valence-electron chi connectivity index (χ1n) is 7.58. The Bertz CT molecular complexity index is 950. The number of aromatic nitrogens is 1. The summed E-state index contributed by atoms with van der Waals surface area (Å²) in [5.74, 6) is 1.78. The minimum atomic E-state index is -0.429. The Morgan fingerprint density at radius 1 is 1.16 bits per heavy atom. The number of carbonyl (C=O) groups excluding carboxylic acids is 1. The molecule has 3 aromatic rings. The van der Waals surface area contributed by atoms with E-state index in [2.05, 4.69) is 32.9 Å². The summed E-state index contributed by atoms with van der Waals surface area (Å²) in [6.07, 6.45) is 5.39. The van der Waals surface area contributed by atoms with Crippen molar-refractivity contribution in [3.63, 3.8) is 0 Å². The van der Waals surface area contributed by atoms with E-state index in [4.69, 9.17) is 6.42 Å². The molecule has 0 bridgehead atoms. The minimum absolute atomic E-state index is 0.429. The normalized spacial score (nSPS) is 10.3. The van der Waals surface area contributed by atoms with Gasteiger partial charge < -0.3 is 0 Å². The molecule has 0 spiro atoms. The number of hydrogen-bond donors (Lipinski definition) is 0. The zero-order valence-electron chi connectivity index (χ0n) is 13.8. The van der Waals surface area contributed by atoms with Crippen LogP contribution in [0.25, 0.3) is 11.3 Å². The quantitative estimate of drug-likeness (QED) is 0.534. The first-order valence-corrected chi connectivity index (χ1v) is 9.25. The highest BCUT2D eigenvalue weighted by Crippen LogP contribution is 2.33. The van der Waals surface area contributed by atoms with Crippen LogP contribution in [0.15, 0.2) is 52.3 Å². The van der Waals surface area contributed by atoms with Gasteiger partial charge in [-0.1, -0.05) is 34.1 Å². The van der Waals surface area contributed by atoms with Crippen molar-refractivity contribution < 1.29 is 4.79 Å². The maximum Gasteiger partial charge on any atom is 0.309 e. The number of terminal acetylenes is 1. The number of halogens is 1. The van der Waals surface area contributed by atoms with E-state index < -0.39 is 5.91 Å². The zero-order chi connectivity index (χ0) is 18.0. The molecular weight excluding hydrogens is 396 g/mol. The van der Waals surface area contributed by atoms with Gasteiger partial charge in [-0.3, -0.25) is 4.79 Å². The summed E-state index contributed by atoms with van der Waals surface area (Å²) in [7, 11) is 0. The predicted octanol–water partition coefficient (Wildman–Crippen LogP) is 5.49. The van der Waals surface area contributed by atoms with Crippen LogP contribution >= 0.6 is 27.3 Å². The Hall–Kier alpha value is -2.42. The van der Waals surface area contributed by atoms with E-state index in [-0.39, 0.29) is 0 Å². The van der Waals surface area contributed by atoms with Crippen LogP contribution in [0.4, 0.5) is 10.8 Å². The highest BCUT2D eigenvalue weighted by atomic mass is 79.9. The van der Waals surface area contributed by atoms with Crippen LogP contribution in [0.3, 0.4) is 0 Å². The van der Waals surface area contributed by atoms with Crippen LogP contribution in [0, 0.1) is 26.2 Å². The van der Waals surface area contributed by atoms with Crippen LogP contribution in [-0.2, 0) is 4.79 Å². The van der Waals surface area contributed by atoms with Crippen LogP contribution in [0.1, 0.15) is 11.1 Å². The van der Waals surface area contributed by atoms with Crippen molar-refractivity contribution in [3.8, 4) is 23.6 Å². The van der Waals surface area contributed by atoms with Crippen LogP contribution in [0.2, 0.25) is 0 Å². The van der Waals surface area contributed by atoms with E-state index in [1.54, 1.807) is 0 Å². The number of aryl methyl sites for hydroxylation is 2. The molecule has 3 nitrogen and oxygen atoms in total. The average molecular weight is 411 g/mol.